The van der Waals surface area contributed by atoms with Gasteiger partial charge in [0.05, 0.1) is 5.69 Å². The lowest BCUT2D eigenvalue weighted by atomic mass is 10.1. The fourth-order valence-corrected chi connectivity index (χ4v) is 4.20. The van der Waals surface area contributed by atoms with Crippen LogP contribution in [0.15, 0.2) is 48.0 Å². The summed E-state index contributed by atoms with van der Waals surface area (Å²) in [5.74, 6) is -0.0317. The van der Waals surface area contributed by atoms with Crippen LogP contribution in [0.4, 0.5) is 0 Å². The molecule has 2 heterocycles. The number of rotatable bonds is 7. The molecule has 0 unspecified atom stereocenters. The first kappa shape index (κ1) is 19.5. The molecule has 3 aromatic rings. The number of carbonyl (C=O) groups is 1. The largest absolute Gasteiger partial charge is 0.351 e. The molecule has 0 radical (unpaired) electrons. The number of amides is 1. The van der Waals surface area contributed by atoms with Gasteiger partial charge in [0.15, 0.2) is 0 Å². The molecule has 27 heavy (non-hydrogen) atoms. The van der Waals surface area contributed by atoms with Crippen molar-refractivity contribution in [2.75, 3.05) is 13.1 Å². The topological polar surface area (TPSA) is 45.2 Å². The number of carbonyl (C=O) groups excluding carboxylic acids is 1. The number of thiophene rings is 1. The maximum atomic E-state index is 12.4. The third-order valence-electron chi connectivity index (χ3n) is 4.78. The molecule has 0 aliphatic heterocycles. The van der Waals surface area contributed by atoms with Crippen LogP contribution in [-0.4, -0.2) is 41.0 Å². The van der Waals surface area contributed by atoms with Crippen molar-refractivity contribution in [2.24, 2.45) is 0 Å². The summed E-state index contributed by atoms with van der Waals surface area (Å²) in [6.45, 7) is 10.2. The van der Waals surface area contributed by atoms with E-state index < -0.39 is 0 Å². The molecule has 0 saturated carbocycles. The van der Waals surface area contributed by atoms with E-state index in [4.69, 9.17) is 0 Å². The Hall–Kier alpha value is -2.24. The number of hydrogen-bond acceptors (Lipinski definition) is 4. The van der Waals surface area contributed by atoms with Crippen LogP contribution in [0.5, 0.6) is 0 Å². The van der Waals surface area contributed by atoms with Crippen molar-refractivity contribution in [3.05, 3.63) is 53.5 Å². The molecule has 1 N–H and O–H groups in total. The van der Waals surface area contributed by atoms with E-state index in [-0.39, 0.29) is 5.91 Å². The van der Waals surface area contributed by atoms with Gasteiger partial charge in [0, 0.05) is 52.6 Å². The third kappa shape index (κ3) is 4.54. The maximum absolute atomic E-state index is 12.4. The minimum Gasteiger partial charge on any atom is -0.351 e. The molecule has 1 aromatic carbocycles. The zero-order valence-electron chi connectivity index (χ0n) is 16.4. The molecule has 2 aromatic heterocycles. The number of pyridine rings is 1. The summed E-state index contributed by atoms with van der Waals surface area (Å²) in [6.07, 6.45) is 1.84. The van der Waals surface area contributed by atoms with E-state index in [1.165, 1.54) is 4.70 Å². The van der Waals surface area contributed by atoms with Crippen molar-refractivity contribution in [1.29, 1.82) is 0 Å². The highest BCUT2D eigenvalue weighted by molar-refractivity contribution is 7.17. The number of nitrogens with zero attached hydrogens (tertiary/aromatic N) is 2. The minimum absolute atomic E-state index is 0.0317. The Morgan fingerprint density at radius 1 is 1.07 bits per heavy atom. The van der Waals surface area contributed by atoms with Gasteiger partial charge in [-0.15, -0.1) is 11.3 Å². The number of aromatic nitrogens is 1. The Morgan fingerprint density at radius 2 is 1.78 bits per heavy atom. The van der Waals surface area contributed by atoms with E-state index in [1.807, 2.05) is 36.5 Å². The van der Waals surface area contributed by atoms with Crippen LogP contribution in [0.3, 0.4) is 0 Å². The number of fused-ring (bicyclic) bond motifs is 1. The lowest BCUT2D eigenvalue weighted by Gasteiger charge is -2.30. The average molecular weight is 382 g/mol. The quantitative estimate of drug-likeness (QED) is 0.639. The molecule has 4 nitrogen and oxygen atoms in total. The van der Waals surface area contributed by atoms with Crippen LogP contribution in [-0.2, 0) is 0 Å². The number of hydrogen-bond donors (Lipinski definition) is 1. The fourth-order valence-electron chi connectivity index (χ4n) is 3.42. The lowest BCUT2D eigenvalue weighted by molar-refractivity contribution is 0.0939. The van der Waals surface area contributed by atoms with E-state index >= 15 is 0 Å². The van der Waals surface area contributed by atoms with Gasteiger partial charge in [-0.25, -0.2) is 0 Å². The summed E-state index contributed by atoms with van der Waals surface area (Å²) in [5.41, 5.74) is 2.67. The third-order valence-corrected chi connectivity index (χ3v) is 5.66. The predicted molar refractivity (Wildman–Crippen MR) is 114 cm³/mol. The first-order valence-electron chi connectivity index (χ1n) is 9.44. The monoisotopic (exact) mass is 381 g/mol. The minimum atomic E-state index is -0.0317. The van der Waals surface area contributed by atoms with Crippen molar-refractivity contribution < 1.29 is 4.79 Å². The van der Waals surface area contributed by atoms with Gasteiger partial charge in [-0.1, -0.05) is 12.1 Å². The second kappa shape index (κ2) is 8.63. The number of nitrogens with one attached hydrogen (secondary N) is 1. The van der Waals surface area contributed by atoms with E-state index in [0.29, 0.717) is 24.2 Å². The smallest absolute Gasteiger partial charge is 0.251 e. The fraction of sp³-hybridized carbons (Fsp3) is 0.364. The summed E-state index contributed by atoms with van der Waals surface area (Å²) < 4.78 is 1.22. The van der Waals surface area contributed by atoms with Gasteiger partial charge in [-0.2, -0.15) is 0 Å². The highest BCUT2D eigenvalue weighted by Crippen LogP contribution is 2.29. The number of benzene rings is 1. The van der Waals surface area contributed by atoms with Gasteiger partial charge in [-0.3, -0.25) is 14.7 Å². The summed E-state index contributed by atoms with van der Waals surface area (Å²) in [7, 11) is 0. The zero-order valence-corrected chi connectivity index (χ0v) is 17.2. The molecule has 0 atom stereocenters. The van der Waals surface area contributed by atoms with Gasteiger partial charge >= 0.3 is 0 Å². The summed E-state index contributed by atoms with van der Waals surface area (Å²) >= 11 is 1.71. The van der Waals surface area contributed by atoms with Crippen molar-refractivity contribution in [3.63, 3.8) is 0 Å². The zero-order chi connectivity index (χ0) is 19.4. The Kier molecular flexibility index (Phi) is 6.24. The Labute approximate surface area is 165 Å². The van der Waals surface area contributed by atoms with Gasteiger partial charge in [0.2, 0.25) is 0 Å². The van der Waals surface area contributed by atoms with Gasteiger partial charge < -0.3 is 5.32 Å². The second-order valence-corrected chi connectivity index (χ2v) is 8.20. The van der Waals surface area contributed by atoms with Crippen molar-refractivity contribution in [2.45, 2.75) is 39.8 Å². The summed E-state index contributed by atoms with van der Waals surface area (Å²) in [6, 6.07) is 12.8. The van der Waals surface area contributed by atoms with Crippen molar-refractivity contribution in [1.82, 2.24) is 15.2 Å². The molecule has 142 valence electrons. The van der Waals surface area contributed by atoms with E-state index in [9.17, 15) is 4.79 Å². The first-order chi connectivity index (χ1) is 13.0. The SMILES string of the molecule is CC(C)N(CCNC(=O)c1ccc(-c2nccc3sccc23)cc1)C(C)C. The second-order valence-electron chi connectivity index (χ2n) is 7.25. The molecule has 0 fully saturated rings. The van der Waals surface area contributed by atoms with Crippen LogP contribution in [0, 0.1) is 0 Å². The van der Waals surface area contributed by atoms with Crippen molar-refractivity contribution in [3.8, 4) is 11.3 Å². The van der Waals surface area contributed by atoms with Gasteiger partial charge in [0.1, 0.15) is 0 Å². The molecular weight excluding hydrogens is 354 g/mol. The summed E-state index contributed by atoms with van der Waals surface area (Å²) in [4.78, 5) is 19.3. The molecule has 5 heteroatoms. The highest BCUT2D eigenvalue weighted by Gasteiger charge is 2.14. The molecule has 0 bridgehead atoms. The van der Waals surface area contributed by atoms with Crippen LogP contribution in [0.25, 0.3) is 21.3 Å². The normalized spacial score (nSPS) is 11.7. The highest BCUT2D eigenvalue weighted by atomic mass is 32.1. The van der Waals surface area contributed by atoms with Crippen LogP contribution >= 0.6 is 11.3 Å². The molecular formula is C22H27N3OS. The van der Waals surface area contributed by atoms with Gasteiger partial charge in [-0.05, 0) is 57.3 Å². The molecule has 0 saturated heterocycles. The first-order valence-corrected chi connectivity index (χ1v) is 10.3. The standard InChI is InChI=1S/C22H27N3OS/c1-15(2)25(16(3)4)13-12-24-22(26)18-7-5-17(6-8-18)21-19-10-14-27-20(19)9-11-23-21/h5-11,14-16H,12-13H2,1-4H3,(H,24,26). The maximum Gasteiger partial charge on any atom is 0.251 e. The van der Waals surface area contributed by atoms with E-state index in [2.05, 4.69) is 54.3 Å². The van der Waals surface area contributed by atoms with Gasteiger partial charge in [0.25, 0.3) is 5.91 Å². The lowest BCUT2D eigenvalue weighted by Crippen LogP contribution is -2.42. The molecule has 0 aliphatic rings. The van der Waals surface area contributed by atoms with E-state index in [0.717, 1.165) is 23.2 Å². The van der Waals surface area contributed by atoms with Crippen LogP contribution in [0.1, 0.15) is 38.1 Å². The Balaban J connectivity index is 1.65. The van der Waals surface area contributed by atoms with E-state index in [1.54, 1.807) is 11.3 Å². The Morgan fingerprint density at radius 3 is 2.44 bits per heavy atom. The van der Waals surface area contributed by atoms with Crippen LogP contribution < -0.4 is 5.32 Å². The predicted octanol–water partition coefficient (Wildman–Crippen LogP) is 4.81. The van der Waals surface area contributed by atoms with Crippen molar-refractivity contribution >= 4 is 27.3 Å². The van der Waals surface area contributed by atoms with Crippen LogP contribution in [0.2, 0.25) is 0 Å². The average Bonchev–Trinajstić information content (AvgIpc) is 3.13. The summed E-state index contributed by atoms with van der Waals surface area (Å²) in [5, 5.41) is 6.26. The molecule has 1 amide bonds. The molecule has 0 spiro atoms. The molecule has 0 aliphatic carbocycles. The molecule has 3 rings (SSSR count). The Bertz CT molecular complexity index is 891.